The Morgan fingerprint density at radius 1 is 1.08 bits per heavy atom. The van der Waals surface area contributed by atoms with Crippen molar-refractivity contribution < 1.29 is 13.6 Å². The number of ether oxygens (including phenoxy) is 1. The zero-order chi connectivity index (χ0) is 16.2. The summed E-state index contributed by atoms with van der Waals surface area (Å²) < 4.78 is 18.5. The van der Waals surface area contributed by atoms with Gasteiger partial charge >= 0.3 is 0 Å². The highest BCUT2D eigenvalue weighted by Crippen LogP contribution is 2.29. The van der Waals surface area contributed by atoms with E-state index < -0.39 is 0 Å². The average Bonchev–Trinajstić information content (AvgIpc) is 3.37. The molecule has 1 aliphatic rings. The molecule has 0 unspecified atom stereocenters. The maximum atomic E-state index is 5.51. The summed E-state index contributed by atoms with van der Waals surface area (Å²) in [5.41, 5.74) is 0. The number of furan rings is 2. The van der Waals surface area contributed by atoms with Crippen LogP contribution in [0.2, 0.25) is 0 Å². The molecule has 1 saturated heterocycles. The van der Waals surface area contributed by atoms with E-state index in [4.69, 9.17) is 13.6 Å². The Morgan fingerprint density at radius 2 is 1.92 bits per heavy atom. The van der Waals surface area contributed by atoms with Gasteiger partial charge in [-0.25, -0.2) is 0 Å². The Hall–Kier alpha value is -1.99. The molecule has 0 atom stereocenters. The molecule has 0 bridgehead atoms. The van der Waals surface area contributed by atoms with Crippen molar-refractivity contribution in [3.63, 3.8) is 0 Å². The van der Waals surface area contributed by atoms with Crippen LogP contribution in [0.15, 0.2) is 50.8 Å². The summed E-state index contributed by atoms with van der Waals surface area (Å²) in [6.07, 6.45) is 5.56. The first-order valence-corrected chi connectivity index (χ1v) is 9.09. The molecule has 0 radical (unpaired) electrons. The molecule has 0 spiro atoms. The van der Waals surface area contributed by atoms with Crippen LogP contribution in [0, 0.1) is 5.92 Å². The van der Waals surface area contributed by atoms with Crippen LogP contribution in [0.5, 0.6) is 0 Å². The van der Waals surface area contributed by atoms with Gasteiger partial charge in [0.25, 0.3) is 0 Å². The van der Waals surface area contributed by atoms with Gasteiger partial charge in [0.05, 0.1) is 19.1 Å². The molecule has 126 valence electrons. The van der Waals surface area contributed by atoms with Crippen LogP contribution in [0.1, 0.15) is 18.6 Å². The third-order valence-electron chi connectivity index (χ3n) is 4.14. The minimum atomic E-state index is 0.589. The molecular formula is C17H19N3O3S. The van der Waals surface area contributed by atoms with Crippen molar-refractivity contribution in [1.82, 2.24) is 14.8 Å². The highest BCUT2D eigenvalue weighted by molar-refractivity contribution is 7.99. The maximum Gasteiger partial charge on any atom is 0.200 e. The van der Waals surface area contributed by atoms with Gasteiger partial charge in [-0.3, -0.25) is 4.57 Å². The summed E-state index contributed by atoms with van der Waals surface area (Å²) in [7, 11) is 0. The molecule has 4 heterocycles. The predicted molar refractivity (Wildman–Crippen MR) is 89.8 cm³/mol. The number of hydrogen-bond acceptors (Lipinski definition) is 6. The van der Waals surface area contributed by atoms with E-state index in [0.29, 0.717) is 18.2 Å². The smallest absolute Gasteiger partial charge is 0.200 e. The highest BCUT2D eigenvalue weighted by Gasteiger charge is 2.20. The number of rotatable bonds is 6. The van der Waals surface area contributed by atoms with Crippen LogP contribution in [0.4, 0.5) is 0 Å². The molecule has 0 saturated carbocycles. The van der Waals surface area contributed by atoms with Crippen LogP contribution >= 0.6 is 11.8 Å². The van der Waals surface area contributed by atoms with Gasteiger partial charge < -0.3 is 13.6 Å². The molecule has 0 N–H and O–H groups in total. The second kappa shape index (κ2) is 7.27. The van der Waals surface area contributed by atoms with Gasteiger partial charge in [-0.2, -0.15) is 0 Å². The van der Waals surface area contributed by atoms with Crippen molar-refractivity contribution in [2.24, 2.45) is 5.92 Å². The summed E-state index contributed by atoms with van der Waals surface area (Å²) in [4.78, 5) is 0. The first kappa shape index (κ1) is 15.5. The molecule has 0 aliphatic carbocycles. The van der Waals surface area contributed by atoms with Gasteiger partial charge in [-0.15, -0.1) is 10.2 Å². The molecule has 6 nitrogen and oxygen atoms in total. The van der Waals surface area contributed by atoms with Crippen molar-refractivity contribution in [2.75, 3.05) is 19.0 Å². The van der Waals surface area contributed by atoms with E-state index in [1.807, 2.05) is 24.3 Å². The van der Waals surface area contributed by atoms with E-state index in [0.717, 1.165) is 48.5 Å². The van der Waals surface area contributed by atoms with E-state index in [1.54, 1.807) is 24.3 Å². The maximum absolute atomic E-state index is 5.51. The van der Waals surface area contributed by atoms with Gasteiger partial charge in [-0.1, -0.05) is 11.8 Å². The van der Waals surface area contributed by atoms with Gasteiger partial charge in [0, 0.05) is 19.0 Å². The van der Waals surface area contributed by atoms with E-state index in [9.17, 15) is 0 Å². The Labute approximate surface area is 144 Å². The largest absolute Gasteiger partial charge is 0.467 e. The fourth-order valence-corrected chi connectivity index (χ4v) is 3.91. The lowest BCUT2D eigenvalue weighted by Gasteiger charge is -2.21. The minimum Gasteiger partial charge on any atom is -0.467 e. The molecule has 24 heavy (non-hydrogen) atoms. The molecule has 3 aromatic heterocycles. The average molecular weight is 345 g/mol. The minimum absolute atomic E-state index is 0.589. The van der Waals surface area contributed by atoms with Gasteiger partial charge in [0.15, 0.2) is 10.9 Å². The van der Waals surface area contributed by atoms with Gasteiger partial charge in [0.2, 0.25) is 5.82 Å². The number of aromatic nitrogens is 3. The number of hydrogen-bond donors (Lipinski definition) is 0. The third kappa shape index (κ3) is 3.42. The molecule has 7 heteroatoms. The topological polar surface area (TPSA) is 66.2 Å². The molecule has 1 fully saturated rings. The van der Waals surface area contributed by atoms with Crippen molar-refractivity contribution in [3.8, 4) is 11.6 Å². The van der Waals surface area contributed by atoms with E-state index in [-0.39, 0.29) is 0 Å². The zero-order valence-corrected chi connectivity index (χ0v) is 14.1. The zero-order valence-electron chi connectivity index (χ0n) is 13.3. The Bertz CT molecular complexity index is 746. The van der Waals surface area contributed by atoms with Crippen LogP contribution in [0.25, 0.3) is 11.6 Å². The second-order valence-corrected chi connectivity index (χ2v) is 6.80. The molecule has 0 aromatic carbocycles. The van der Waals surface area contributed by atoms with Crippen molar-refractivity contribution >= 4 is 11.8 Å². The number of thioether (sulfide) groups is 1. The summed E-state index contributed by atoms with van der Waals surface area (Å²) >= 11 is 1.74. The van der Waals surface area contributed by atoms with E-state index >= 15 is 0 Å². The number of nitrogens with zero attached hydrogens (tertiary/aromatic N) is 3. The fourth-order valence-electron chi connectivity index (χ4n) is 2.79. The Balaban J connectivity index is 1.56. The SMILES string of the molecule is c1coc(Cn2c(SCC3CCOCC3)nnc2-c2ccco2)c1. The summed E-state index contributed by atoms with van der Waals surface area (Å²) in [6.45, 7) is 2.32. The molecule has 0 amide bonds. The first-order valence-electron chi connectivity index (χ1n) is 8.10. The summed E-state index contributed by atoms with van der Waals surface area (Å²) in [6, 6.07) is 7.60. The molecular weight excluding hydrogens is 326 g/mol. The van der Waals surface area contributed by atoms with Crippen LogP contribution < -0.4 is 0 Å². The van der Waals surface area contributed by atoms with Crippen molar-refractivity contribution in [1.29, 1.82) is 0 Å². The quantitative estimate of drug-likeness (QED) is 0.635. The van der Waals surface area contributed by atoms with Gasteiger partial charge in [-0.05, 0) is 43.0 Å². The fraction of sp³-hybridized carbons (Fsp3) is 0.412. The second-order valence-electron chi connectivity index (χ2n) is 5.82. The van der Waals surface area contributed by atoms with Gasteiger partial charge in [0.1, 0.15) is 5.76 Å². The van der Waals surface area contributed by atoms with E-state index in [2.05, 4.69) is 14.8 Å². The summed E-state index contributed by atoms with van der Waals surface area (Å²) in [5, 5.41) is 9.61. The highest BCUT2D eigenvalue weighted by atomic mass is 32.2. The molecule has 1 aliphatic heterocycles. The van der Waals surface area contributed by atoms with E-state index in [1.165, 1.54) is 0 Å². The third-order valence-corrected chi connectivity index (χ3v) is 5.34. The lowest BCUT2D eigenvalue weighted by atomic mass is 10.0. The predicted octanol–water partition coefficient (Wildman–Crippen LogP) is 3.70. The Morgan fingerprint density at radius 3 is 2.67 bits per heavy atom. The first-order chi connectivity index (χ1) is 11.9. The Kier molecular flexibility index (Phi) is 4.71. The standard InChI is InChI=1S/C17H19N3O3S/c1-3-14(22-7-1)11-20-16(15-4-2-8-23-15)18-19-17(20)24-12-13-5-9-21-10-6-13/h1-4,7-8,13H,5-6,9-12H2. The molecule has 3 aromatic rings. The van der Waals surface area contributed by atoms with Crippen LogP contribution in [0.3, 0.4) is 0 Å². The normalized spacial score (nSPS) is 15.8. The lowest BCUT2D eigenvalue weighted by molar-refractivity contribution is 0.0727. The van der Waals surface area contributed by atoms with Crippen LogP contribution in [-0.2, 0) is 11.3 Å². The monoisotopic (exact) mass is 345 g/mol. The van der Waals surface area contributed by atoms with Crippen LogP contribution in [-0.4, -0.2) is 33.7 Å². The van der Waals surface area contributed by atoms with Crippen molar-refractivity contribution in [2.45, 2.75) is 24.5 Å². The summed E-state index contributed by atoms with van der Waals surface area (Å²) in [5.74, 6) is 4.01. The lowest BCUT2D eigenvalue weighted by Crippen LogP contribution is -2.17. The van der Waals surface area contributed by atoms with Crippen molar-refractivity contribution in [3.05, 3.63) is 42.6 Å². The molecule has 4 rings (SSSR count).